The molecule has 1 aromatic heterocycles. The molecule has 1 aliphatic heterocycles. The Labute approximate surface area is 205 Å². The third-order valence-electron chi connectivity index (χ3n) is 6.54. The first-order valence-electron chi connectivity index (χ1n) is 12.2. The molecule has 35 heavy (non-hydrogen) atoms. The summed E-state index contributed by atoms with van der Waals surface area (Å²) in [7, 11) is 0. The first-order valence-corrected chi connectivity index (χ1v) is 12.2. The maximum absolute atomic E-state index is 13.0. The van der Waals surface area contributed by atoms with Gasteiger partial charge >= 0.3 is 5.97 Å². The lowest BCUT2D eigenvalue weighted by molar-refractivity contribution is 0.0518. The van der Waals surface area contributed by atoms with Crippen molar-refractivity contribution in [3.63, 3.8) is 0 Å². The number of carbonyl (C=O) groups excluding carboxylic acids is 2. The van der Waals surface area contributed by atoms with Gasteiger partial charge in [0.15, 0.2) is 5.69 Å². The molecule has 5 rings (SSSR count). The number of piperidine rings is 1. The summed E-state index contributed by atoms with van der Waals surface area (Å²) in [5.74, 6) is 0.131. The van der Waals surface area contributed by atoms with Gasteiger partial charge in [-0.15, -0.1) is 0 Å². The van der Waals surface area contributed by atoms with Gasteiger partial charge in [-0.1, -0.05) is 43.3 Å². The van der Waals surface area contributed by atoms with Crippen LogP contribution in [0.15, 0.2) is 72.8 Å². The number of ether oxygens (including phenoxy) is 1. The van der Waals surface area contributed by atoms with Crippen molar-refractivity contribution >= 4 is 22.6 Å². The molecule has 0 N–H and O–H groups in total. The molecule has 1 fully saturated rings. The molecule has 0 spiro atoms. The lowest BCUT2D eigenvalue weighted by Crippen LogP contribution is -2.39. The number of nitrogens with zero attached hydrogens (tertiary/aromatic N) is 3. The Bertz CT molecular complexity index is 1370. The highest BCUT2D eigenvalue weighted by molar-refractivity contribution is 5.95. The van der Waals surface area contributed by atoms with E-state index < -0.39 is 5.97 Å². The standard InChI is InChI=1S/C29H29N3O3/c1-3-35-29(34)26-18-27(24-11-10-21-8-4-5-9-23(21)17-24)32(30-26)25-14-12-22(13-15-25)28(33)31-16-6-7-20(2)19-31/h4-5,8-15,17-18,20H,3,6-7,16,19H2,1-2H3/t20-/m1/s1. The van der Waals surface area contributed by atoms with Crippen LogP contribution in [-0.4, -0.2) is 46.3 Å². The van der Waals surface area contributed by atoms with Crippen LogP contribution in [0.1, 0.15) is 47.5 Å². The van der Waals surface area contributed by atoms with Crippen molar-refractivity contribution in [2.75, 3.05) is 19.7 Å². The normalized spacial score (nSPS) is 15.8. The molecule has 4 aromatic rings. The Hall–Kier alpha value is -3.93. The molecule has 0 radical (unpaired) electrons. The van der Waals surface area contributed by atoms with Crippen LogP contribution in [0.2, 0.25) is 0 Å². The molecule has 6 heteroatoms. The van der Waals surface area contributed by atoms with Crippen LogP contribution in [0.3, 0.4) is 0 Å². The summed E-state index contributed by atoms with van der Waals surface area (Å²) in [4.78, 5) is 27.4. The number of likely N-dealkylation sites (tertiary alicyclic amines) is 1. The first-order chi connectivity index (χ1) is 17.0. The Morgan fingerprint density at radius 2 is 1.77 bits per heavy atom. The van der Waals surface area contributed by atoms with Crippen molar-refractivity contribution < 1.29 is 14.3 Å². The van der Waals surface area contributed by atoms with Gasteiger partial charge < -0.3 is 9.64 Å². The number of hydrogen-bond donors (Lipinski definition) is 0. The third kappa shape index (κ3) is 4.69. The fourth-order valence-corrected chi connectivity index (χ4v) is 4.74. The number of amides is 1. The Morgan fingerprint density at radius 3 is 2.51 bits per heavy atom. The number of rotatable bonds is 5. The zero-order valence-electron chi connectivity index (χ0n) is 20.1. The van der Waals surface area contributed by atoms with Crippen LogP contribution < -0.4 is 0 Å². The van der Waals surface area contributed by atoms with Crippen molar-refractivity contribution in [1.29, 1.82) is 0 Å². The summed E-state index contributed by atoms with van der Waals surface area (Å²) in [5, 5.41) is 6.82. The Kier molecular flexibility index (Phi) is 6.36. The van der Waals surface area contributed by atoms with Gasteiger partial charge in [0.2, 0.25) is 0 Å². The summed E-state index contributed by atoms with van der Waals surface area (Å²) in [6, 6.07) is 23.5. The van der Waals surface area contributed by atoms with Gasteiger partial charge in [0.1, 0.15) is 0 Å². The number of carbonyl (C=O) groups is 2. The summed E-state index contributed by atoms with van der Waals surface area (Å²) in [5.41, 5.74) is 3.40. The van der Waals surface area contributed by atoms with Gasteiger partial charge in [-0.05, 0) is 72.9 Å². The van der Waals surface area contributed by atoms with E-state index in [0.29, 0.717) is 11.5 Å². The molecular weight excluding hydrogens is 438 g/mol. The van der Waals surface area contributed by atoms with E-state index in [0.717, 1.165) is 47.2 Å². The Morgan fingerprint density at radius 1 is 1.00 bits per heavy atom. The molecule has 1 atom stereocenters. The number of hydrogen-bond acceptors (Lipinski definition) is 4. The van der Waals surface area contributed by atoms with Crippen LogP contribution in [0.5, 0.6) is 0 Å². The molecule has 6 nitrogen and oxygen atoms in total. The highest BCUT2D eigenvalue weighted by atomic mass is 16.5. The van der Waals surface area contributed by atoms with Gasteiger partial charge in [0.25, 0.3) is 5.91 Å². The summed E-state index contributed by atoms with van der Waals surface area (Å²) >= 11 is 0. The highest BCUT2D eigenvalue weighted by Gasteiger charge is 2.23. The van der Waals surface area contributed by atoms with Gasteiger partial charge in [-0.3, -0.25) is 4.79 Å². The van der Waals surface area contributed by atoms with E-state index >= 15 is 0 Å². The van der Waals surface area contributed by atoms with Gasteiger partial charge in [0.05, 0.1) is 18.0 Å². The topological polar surface area (TPSA) is 64.4 Å². The van der Waals surface area contributed by atoms with Crippen molar-refractivity contribution in [2.45, 2.75) is 26.7 Å². The molecule has 1 amide bonds. The smallest absolute Gasteiger partial charge is 0.358 e. The maximum atomic E-state index is 13.0. The second-order valence-electron chi connectivity index (χ2n) is 9.15. The number of aromatic nitrogens is 2. The Balaban J connectivity index is 1.51. The fraction of sp³-hybridized carbons (Fsp3) is 0.276. The molecular formula is C29H29N3O3. The van der Waals surface area contributed by atoms with E-state index in [1.54, 1.807) is 17.7 Å². The van der Waals surface area contributed by atoms with Crippen molar-refractivity contribution in [3.8, 4) is 16.9 Å². The summed E-state index contributed by atoms with van der Waals surface area (Å²) in [6.07, 6.45) is 2.21. The van der Waals surface area contributed by atoms with Crippen molar-refractivity contribution in [3.05, 3.63) is 84.1 Å². The first kappa shape index (κ1) is 22.8. The highest BCUT2D eigenvalue weighted by Crippen LogP contribution is 2.28. The van der Waals surface area contributed by atoms with Crippen molar-refractivity contribution in [1.82, 2.24) is 14.7 Å². The molecule has 2 heterocycles. The minimum absolute atomic E-state index is 0.0607. The number of esters is 1. The zero-order valence-corrected chi connectivity index (χ0v) is 20.1. The second kappa shape index (κ2) is 9.74. The minimum atomic E-state index is -0.459. The molecule has 0 saturated carbocycles. The summed E-state index contributed by atoms with van der Waals surface area (Å²) in [6.45, 7) is 5.85. The molecule has 1 aliphatic rings. The maximum Gasteiger partial charge on any atom is 0.358 e. The zero-order chi connectivity index (χ0) is 24.4. The second-order valence-corrected chi connectivity index (χ2v) is 9.15. The van der Waals surface area contributed by atoms with Crippen LogP contribution in [0.25, 0.3) is 27.7 Å². The monoisotopic (exact) mass is 467 g/mol. The van der Waals surface area contributed by atoms with E-state index in [9.17, 15) is 9.59 Å². The number of fused-ring (bicyclic) bond motifs is 1. The molecule has 1 saturated heterocycles. The van der Waals surface area contributed by atoms with E-state index in [4.69, 9.17) is 4.74 Å². The van der Waals surface area contributed by atoms with Gasteiger partial charge in [-0.25, -0.2) is 9.48 Å². The van der Waals surface area contributed by atoms with E-state index in [2.05, 4.69) is 36.3 Å². The third-order valence-corrected chi connectivity index (χ3v) is 6.54. The molecule has 0 unspecified atom stereocenters. The molecule has 3 aromatic carbocycles. The van der Waals surface area contributed by atoms with E-state index in [1.165, 1.54) is 6.42 Å². The summed E-state index contributed by atoms with van der Waals surface area (Å²) < 4.78 is 6.94. The van der Waals surface area contributed by atoms with Crippen LogP contribution >= 0.6 is 0 Å². The lowest BCUT2D eigenvalue weighted by atomic mass is 9.99. The van der Waals surface area contributed by atoms with Crippen molar-refractivity contribution in [2.24, 2.45) is 5.92 Å². The van der Waals surface area contributed by atoms with Crippen LogP contribution in [0.4, 0.5) is 0 Å². The minimum Gasteiger partial charge on any atom is -0.461 e. The molecule has 0 bridgehead atoms. The fourth-order valence-electron chi connectivity index (χ4n) is 4.74. The average molecular weight is 468 g/mol. The SMILES string of the molecule is CCOC(=O)c1cc(-c2ccc3ccccc3c2)n(-c2ccc(C(=O)N3CCC[C@@H](C)C3)cc2)n1. The van der Waals surface area contributed by atoms with Crippen LogP contribution in [0, 0.1) is 5.92 Å². The predicted octanol–water partition coefficient (Wildman–Crippen LogP) is 5.74. The quantitative estimate of drug-likeness (QED) is 0.351. The van der Waals surface area contributed by atoms with Crippen LogP contribution in [-0.2, 0) is 4.74 Å². The predicted molar refractivity (Wildman–Crippen MR) is 137 cm³/mol. The van der Waals surface area contributed by atoms with Gasteiger partial charge in [0, 0.05) is 24.2 Å². The van der Waals surface area contributed by atoms with Gasteiger partial charge in [-0.2, -0.15) is 5.10 Å². The number of benzene rings is 3. The lowest BCUT2D eigenvalue weighted by Gasteiger charge is -2.31. The largest absolute Gasteiger partial charge is 0.461 e. The van der Waals surface area contributed by atoms with E-state index in [-0.39, 0.29) is 18.2 Å². The average Bonchev–Trinajstić information content (AvgIpc) is 3.34. The molecule has 0 aliphatic carbocycles. The molecule has 178 valence electrons. The van der Waals surface area contributed by atoms with E-state index in [1.807, 2.05) is 47.4 Å².